The van der Waals surface area contributed by atoms with Gasteiger partial charge in [0.1, 0.15) is 23.0 Å². The van der Waals surface area contributed by atoms with Crippen LogP contribution in [0.4, 0.5) is 0 Å². The Bertz CT molecular complexity index is 688. The monoisotopic (exact) mass is 290 g/mol. The molecule has 1 aromatic heterocycles. The molecule has 0 radical (unpaired) electrons. The lowest BCUT2D eigenvalue weighted by Gasteiger charge is -2.11. The van der Waals surface area contributed by atoms with Gasteiger partial charge in [-0.05, 0) is 24.5 Å². The van der Waals surface area contributed by atoms with E-state index < -0.39 is 5.63 Å². The maximum atomic E-state index is 11.4. The lowest BCUT2D eigenvalue weighted by atomic mass is 9.98. The average Bonchev–Trinajstić information content (AvgIpc) is 2.37. The van der Waals surface area contributed by atoms with E-state index in [1.165, 1.54) is 18.2 Å². The van der Waals surface area contributed by atoms with Crippen molar-refractivity contribution >= 4 is 0 Å². The molecule has 0 spiro atoms. The van der Waals surface area contributed by atoms with Gasteiger partial charge in [-0.3, -0.25) is 0 Å². The van der Waals surface area contributed by atoms with Crippen molar-refractivity contribution in [1.29, 1.82) is 0 Å². The first-order valence-corrected chi connectivity index (χ1v) is 6.90. The van der Waals surface area contributed by atoms with Gasteiger partial charge in [-0.15, -0.1) is 0 Å². The van der Waals surface area contributed by atoms with Crippen molar-refractivity contribution in [3.63, 3.8) is 0 Å². The third-order valence-electron chi connectivity index (χ3n) is 3.24. The van der Waals surface area contributed by atoms with Crippen LogP contribution in [0.2, 0.25) is 0 Å². The number of hydrogen-bond donors (Lipinski definition) is 3. The summed E-state index contributed by atoms with van der Waals surface area (Å²) in [6.45, 7) is 2.08. The zero-order valence-corrected chi connectivity index (χ0v) is 11.8. The standard InChI is InChI=1S/C16H18O5/c1-2-3-4-5-10-6-11(17)7-13(19)16(10)14-8-12(18)9-15(20)21-14/h6-9,17-19H,2-5H2,1H3. The molecule has 2 rings (SSSR count). The Kier molecular flexibility index (Phi) is 4.52. The molecule has 0 saturated carbocycles. The van der Waals surface area contributed by atoms with Crippen LogP contribution in [-0.4, -0.2) is 15.3 Å². The predicted molar refractivity (Wildman–Crippen MR) is 78.6 cm³/mol. The van der Waals surface area contributed by atoms with Gasteiger partial charge in [-0.25, -0.2) is 4.79 Å². The fourth-order valence-electron chi connectivity index (χ4n) is 2.30. The third-order valence-corrected chi connectivity index (χ3v) is 3.24. The van der Waals surface area contributed by atoms with Crippen molar-refractivity contribution in [2.75, 3.05) is 0 Å². The minimum atomic E-state index is -0.697. The summed E-state index contributed by atoms with van der Waals surface area (Å²) in [5.74, 6) is -0.377. The smallest absolute Gasteiger partial charge is 0.339 e. The van der Waals surface area contributed by atoms with Crippen molar-refractivity contribution in [2.24, 2.45) is 0 Å². The molecule has 0 amide bonds. The summed E-state index contributed by atoms with van der Waals surface area (Å²) < 4.78 is 5.05. The molecule has 0 atom stereocenters. The number of aromatic hydroxyl groups is 3. The van der Waals surface area contributed by atoms with Gasteiger partial charge in [0.2, 0.25) is 0 Å². The minimum Gasteiger partial charge on any atom is -0.508 e. The molecule has 3 N–H and O–H groups in total. The fourth-order valence-corrected chi connectivity index (χ4v) is 2.30. The van der Waals surface area contributed by atoms with Crippen LogP contribution in [0.15, 0.2) is 33.5 Å². The summed E-state index contributed by atoms with van der Waals surface area (Å²) in [7, 11) is 0. The second-order valence-corrected chi connectivity index (χ2v) is 4.96. The zero-order valence-electron chi connectivity index (χ0n) is 11.8. The largest absolute Gasteiger partial charge is 0.508 e. The number of hydrogen-bond acceptors (Lipinski definition) is 5. The second-order valence-electron chi connectivity index (χ2n) is 4.96. The van der Waals surface area contributed by atoms with Crippen LogP contribution in [0.25, 0.3) is 11.3 Å². The van der Waals surface area contributed by atoms with Crippen LogP contribution in [0, 0.1) is 0 Å². The normalized spacial score (nSPS) is 10.7. The molecule has 112 valence electrons. The number of phenols is 2. The Morgan fingerprint density at radius 1 is 1.00 bits per heavy atom. The molecule has 2 aromatic rings. The van der Waals surface area contributed by atoms with Crippen LogP contribution in [-0.2, 0) is 6.42 Å². The van der Waals surface area contributed by atoms with Crippen molar-refractivity contribution in [2.45, 2.75) is 32.6 Å². The Morgan fingerprint density at radius 3 is 2.38 bits per heavy atom. The highest BCUT2D eigenvalue weighted by atomic mass is 16.4. The zero-order chi connectivity index (χ0) is 15.4. The first-order valence-electron chi connectivity index (χ1n) is 6.90. The molecule has 1 aromatic carbocycles. The van der Waals surface area contributed by atoms with E-state index in [0.29, 0.717) is 17.5 Å². The summed E-state index contributed by atoms with van der Waals surface area (Å²) in [5.41, 5.74) is 0.309. The first kappa shape index (κ1) is 15.0. The molecular weight excluding hydrogens is 272 g/mol. The highest BCUT2D eigenvalue weighted by Crippen LogP contribution is 2.37. The topological polar surface area (TPSA) is 90.9 Å². The number of phenolic OH excluding ortho intramolecular Hbond substituents is 2. The molecule has 0 aliphatic carbocycles. The van der Waals surface area contributed by atoms with Gasteiger partial charge in [0, 0.05) is 12.1 Å². The molecular formula is C16H18O5. The molecule has 0 aliphatic rings. The summed E-state index contributed by atoms with van der Waals surface area (Å²) >= 11 is 0. The number of benzene rings is 1. The van der Waals surface area contributed by atoms with Crippen molar-refractivity contribution in [3.05, 3.63) is 40.2 Å². The minimum absolute atomic E-state index is 0.0507. The molecule has 5 heteroatoms. The number of aryl methyl sites for hydroxylation is 1. The van der Waals surface area contributed by atoms with E-state index in [-0.39, 0.29) is 23.0 Å². The Labute approximate surface area is 122 Å². The van der Waals surface area contributed by atoms with Gasteiger partial charge in [0.15, 0.2) is 0 Å². The Hall–Kier alpha value is -2.43. The molecule has 21 heavy (non-hydrogen) atoms. The van der Waals surface area contributed by atoms with Gasteiger partial charge in [-0.1, -0.05) is 19.8 Å². The van der Waals surface area contributed by atoms with Gasteiger partial charge >= 0.3 is 5.63 Å². The van der Waals surface area contributed by atoms with Gasteiger partial charge in [-0.2, -0.15) is 0 Å². The molecule has 0 unspecified atom stereocenters. The van der Waals surface area contributed by atoms with E-state index in [9.17, 15) is 20.1 Å². The third kappa shape index (κ3) is 3.56. The summed E-state index contributed by atoms with van der Waals surface area (Å²) in [6, 6.07) is 4.95. The van der Waals surface area contributed by atoms with E-state index in [4.69, 9.17) is 4.42 Å². The Morgan fingerprint density at radius 2 is 1.71 bits per heavy atom. The lowest BCUT2D eigenvalue weighted by Crippen LogP contribution is -1.99. The van der Waals surface area contributed by atoms with Crippen LogP contribution >= 0.6 is 0 Å². The van der Waals surface area contributed by atoms with E-state index in [1.807, 2.05) is 0 Å². The van der Waals surface area contributed by atoms with Crippen LogP contribution in [0.5, 0.6) is 17.2 Å². The van der Waals surface area contributed by atoms with Crippen LogP contribution in [0.1, 0.15) is 31.7 Å². The van der Waals surface area contributed by atoms with Crippen LogP contribution < -0.4 is 5.63 Å². The maximum absolute atomic E-state index is 11.4. The SMILES string of the molecule is CCCCCc1cc(O)cc(O)c1-c1cc(O)cc(=O)o1. The van der Waals surface area contributed by atoms with Crippen molar-refractivity contribution < 1.29 is 19.7 Å². The average molecular weight is 290 g/mol. The fraction of sp³-hybridized carbons (Fsp3) is 0.312. The van der Waals surface area contributed by atoms with Crippen molar-refractivity contribution in [3.8, 4) is 28.6 Å². The Balaban J connectivity index is 2.52. The van der Waals surface area contributed by atoms with Gasteiger partial charge in [0.05, 0.1) is 11.6 Å². The number of unbranched alkanes of at least 4 members (excludes halogenated alkanes) is 2. The highest BCUT2D eigenvalue weighted by Gasteiger charge is 2.16. The maximum Gasteiger partial charge on any atom is 0.339 e. The van der Waals surface area contributed by atoms with Crippen molar-refractivity contribution in [1.82, 2.24) is 0 Å². The van der Waals surface area contributed by atoms with E-state index in [0.717, 1.165) is 25.3 Å². The van der Waals surface area contributed by atoms with E-state index >= 15 is 0 Å². The molecule has 0 saturated heterocycles. The lowest BCUT2D eigenvalue weighted by molar-refractivity contribution is 0.441. The molecule has 1 heterocycles. The molecule has 0 aliphatic heterocycles. The number of rotatable bonds is 5. The quantitative estimate of drug-likeness (QED) is 0.736. The summed E-state index contributed by atoms with van der Waals surface area (Å²) in [6.07, 6.45) is 3.57. The first-order chi connectivity index (χ1) is 10.0. The van der Waals surface area contributed by atoms with E-state index in [1.54, 1.807) is 0 Å². The molecule has 5 nitrogen and oxygen atoms in total. The molecule has 0 fully saturated rings. The van der Waals surface area contributed by atoms with Gasteiger partial charge in [0.25, 0.3) is 0 Å². The van der Waals surface area contributed by atoms with Gasteiger partial charge < -0.3 is 19.7 Å². The predicted octanol–water partition coefficient (Wildman–Crippen LogP) is 3.16. The summed E-state index contributed by atoms with van der Waals surface area (Å²) in [5, 5.41) is 29.2. The second kappa shape index (κ2) is 6.35. The highest BCUT2D eigenvalue weighted by molar-refractivity contribution is 5.71. The summed E-state index contributed by atoms with van der Waals surface area (Å²) in [4.78, 5) is 11.4. The van der Waals surface area contributed by atoms with E-state index in [2.05, 4.69) is 6.92 Å². The molecule has 0 bridgehead atoms. The van der Waals surface area contributed by atoms with Crippen LogP contribution in [0.3, 0.4) is 0 Å².